The lowest BCUT2D eigenvalue weighted by Crippen LogP contribution is -2.21. The fraction of sp³-hybridized carbons (Fsp3) is 0.333. The molecule has 0 aliphatic carbocycles. The number of rotatable bonds is 4. The summed E-state index contributed by atoms with van der Waals surface area (Å²) in [6.45, 7) is 1.63. The molecule has 0 bridgehead atoms. The number of halogens is 1. The SMILES string of the molecule is COC(=O)c1c(NC(=O)c2c(Cl)cnn2C)sc(C(=O)N(C)C)c1C. The Balaban J connectivity index is 2.49. The lowest BCUT2D eigenvalue weighted by atomic mass is 10.1. The Labute approximate surface area is 153 Å². The van der Waals surface area contributed by atoms with Crippen molar-refractivity contribution < 1.29 is 19.1 Å². The first-order valence-electron chi connectivity index (χ1n) is 7.11. The van der Waals surface area contributed by atoms with Gasteiger partial charge in [-0.15, -0.1) is 11.3 Å². The van der Waals surface area contributed by atoms with Crippen LogP contribution in [0.15, 0.2) is 6.20 Å². The van der Waals surface area contributed by atoms with Crippen LogP contribution in [0.4, 0.5) is 5.00 Å². The Kier molecular flexibility index (Phi) is 5.48. The first-order chi connectivity index (χ1) is 11.7. The molecule has 0 unspecified atom stereocenters. The Morgan fingerprint density at radius 2 is 2.00 bits per heavy atom. The van der Waals surface area contributed by atoms with E-state index in [0.29, 0.717) is 10.4 Å². The summed E-state index contributed by atoms with van der Waals surface area (Å²) in [5.74, 6) is -1.45. The van der Waals surface area contributed by atoms with Gasteiger partial charge in [0.1, 0.15) is 10.7 Å². The molecule has 0 saturated heterocycles. The Bertz CT molecular complexity index is 837. The maximum Gasteiger partial charge on any atom is 0.341 e. The summed E-state index contributed by atoms with van der Waals surface area (Å²) in [5, 5.41) is 6.93. The summed E-state index contributed by atoms with van der Waals surface area (Å²) in [7, 11) is 6.01. The van der Waals surface area contributed by atoms with Gasteiger partial charge in [0.15, 0.2) is 0 Å². The molecule has 2 rings (SSSR count). The van der Waals surface area contributed by atoms with Crippen molar-refractivity contribution in [3.63, 3.8) is 0 Å². The van der Waals surface area contributed by atoms with E-state index in [1.807, 2.05) is 0 Å². The van der Waals surface area contributed by atoms with Crippen molar-refractivity contribution >= 4 is 45.7 Å². The van der Waals surface area contributed by atoms with E-state index >= 15 is 0 Å². The zero-order valence-electron chi connectivity index (χ0n) is 14.3. The van der Waals surface area contributed by atoms with Crippen LogP contribution in [0.25, 0.3) is 0 Å². The largest absolute Gasteiger partial charge is 0.465 e. The number of nitrogens with zero attached hydrogens (tertiary/aromatic N) is 3. The standard InChI is InChI=1S/C15H17ClN4O4S/c1-7-9(15(23)24-5)13(25-11(7)14(22)19(2)3)18-12(21)10-8(16)6-17-20(10)4/h6H,1-5H3,(H,18,21). The van der Waals surface area contributed by atoms with Crippen LogP contribution in [-0.2, 0) is 11.8 Å². The molecule has 0 saturated carbocycles. The number of hydrogen-bond donors (Lipinski definition) is 1. The number of esters is 1. The summed E-state index contributed by atoms with van der Waals surface area (Å²) < 4.78 is 6.10. The van der Waals surface area contributed by atoms with Crippen molar-refractivity contribution in [2.75, 3.05) is 26.5 Å². The third-order valence-corrected chi connectivity index (χ3v) is 4.94. The third kappa shape index (κ3) is 3.52. The van der Waals surface area contributed by atoms with Crippen molar-refractivity contribution in [2.45, 2.75) is 6.92 Å². The fourth-order valence-electron chi connectivity index (χ4n) is 2.18. The number of nitrogens with one attached hydrogen (secondary N) is 1. The number of aryl methyl sites for hydroxylation is 1. The highest BCUT2D eigenvalue weighted by molar-refractivity contribution is 7.18. The maximum atomic E-state index is 12.5. The molecule has 134 valence electrons. The van der Waals surface area contributed by atoms with Gasteiger partial charge in [-0.25, -0.2) is 4.79 Å². The third-order valence-electron chi connectivity index (χ3n) is 3.47. The molecule has 0 fully saturated rings. The highest BCUT2D eigenvalue weighted by Crippen LogP contribution is 2.34. The van der Waals surface area contributed by atoms with E-state index in [2.05, 4.69) is 10.4 Å². The number of carbonyl (C=O) groups is 3. The molecule has 25 heavy (non-hydrogen) atoms. The second-order valence-electron chi connectivity index (χ2n) is 5.37. The van der Waals surface area contributed by atoms with Gasteiger partial charge in [0.2, 0.25) is 0 Å². The second-order valence-corrected chi connectivity index (χ2v) is 6.80. The fourth-order valence-corrected chi connectivity index (χ4v) is 3.65. The minimum Gasteiger partial charge on any atom is -0.465 e. The monoisotopic (exact) mass is 384 g/mol. The molecule has 2 amide bonds. The summed E-state index contributed by atoms with van der Waals surface area (Å²) in [5.41, 5.74) is 0.732. The minimum absolute atomic E-state index is 0.143. The Hall–Kier alpha value is -2.39. The van der Waals surface area contributed by atoms with Crippen molar-refractivity contribution in [3.8, 4) is 0 Å². The number of carbonyl (C=O) groups excluding carboxylic acids is 3. The van der Waals surface area contributed by atoms with Crippen LogP contribution >= 0.6 is 22.9 Å². The van der Waals surface area contributed by atoms with Crippen molar-refractivity contribution in [1.82, 2.24) is 14.7 Å². The molecular weight excluding hydrogens is 368 g/mol. The predicted octanol–water partition coefficient (Wildman–Crippen LogP) is 2.18. The summed E-state index contributed by atoms with van der Waals surface area (Å²) >= 11 is 6.98. The summed E-state index contributed by atoms with van der Waals surface area (Å²) in [4.78, 5) is 38.7. The lowest BCUT2D eigenvalue weighted by molar-refractivity contribution is 0.0601. The van der Waals surface area contributed by atoms with Crippen LogP contribution in [0.5, 0.6) is 0 Å². The van der Waals surface area contributed by atoms with Gasteiger partial charge in [-0.1, -0.05) is 11.6 Å². The molecule has 0 aliphatic rings. The van der Waals surface area contributed by atoms with Crippen LogP contribution in [0, 0.1) is 6.92 Å². The molecule has 0 aliphatic heterocycles. The normalized spacial score (nSPS) is 10.5. The van der Waals surface area contributed by atoms with Crippen LogP contribution in [0.3, 0.4) is 0 Å². The highest BCUT2D eigenvalue weighted by atomic mass is 35.5. The molecule has 10 heteroatoms. The number of ether oxygens (including phenoxy) is 1. The second kappa shape index (κ2) is 7.24. The van der Waals surface area contributed by atoms with Crippen LogP contribution in [-0.4, -0.2) is 53.7 Å². The van der Waals surface area contributed by atoms with Gasteiger partial charge in [0.05, 0.1) is 28.8 Å². The minimum atomic E-state index is -0.641. The maximum absolute atomic E-state index is 12.5. The Morgan fingerprint density at radius 3 is 2.48 bits per heavy atom. The van der Waals surface area contributed by atoms with Crippen molar-refractivity contribution in [2.24, 2.45) is 7.05 Å². The molecule has 2 aromatic rings. The number of aromatic nitrogens is 2. The zero-order chi connectivity index (χ0) is 18.9. The van der Waals surface area contributed by atoms with Crippen LogP contribution in [0.1, 0.15) is 36.1 Å². The Morgan fingerprint density at radius 1 is 1.36 bits per heavy atom. The smallest absolute Gasteiger partial charge is 0.341 e. The number of anilines is 1. The topological polar surface area (TPSA) is 93.5 Å². The summed E-state index contributed by atoms with van der Waals surface area (Å²) in [6, 6.07) is 0. The van der Waals surface area contributed by atoms with E-state index in [9.17, 15) is 14.4 Å². The van der Waals surface area contributed by atoms with E-state index in [1.165, 1.54) is 22.9 Å². The number of methoxy groups -OCH3 is 1. The summed E-state index contributed by atoms with van der Waals surface area (Å²) in [6.07, 6.45) is 1.35. The molecule has 2 aromatic heterocycles. The first kappa shape index (κ1) is 18.9. The van der Waals surface area contributed by atoms with Crippen LogP contribution < -0.4 is 5.32 Å². The number of amides is 2. The van der Waals surface area contributed by atoms with Crippen molar-refractivity contribution in [3.05, 3.63) is 32.9 Å². The van der Waals surface area contributed by atoms with E-state index in [1.54, 1.807) is 28.1 Å². The van der Waals surface area contributed by atoms with Gasteiger partial charge < -0.3 is 15.0 Å². The number of thiophene rings is 1. The average Bonchev–Trinajstić information content (AvgIpc) is 3.05. The van der Waals surface area contributed by atoms with E-state index in [-0.39, 0.29) is 27.2 Å². The molecule has 0 atom stereocenters. The van der Waals surface area contributed by atoms with E-state index < -0.39 is 11.9 Å². The predicted molar refractivity (Wildman–Crippen MR) is 94.6 cm³/mol. The molecule has 2 heterocycles. The lowest BCUT2D eigenvalue weighted by Gasteiger charge is -2.08. The molecule has 0 aromatic carbocycles. The molecule has 8 nitrogen and oxygen atoms in total. The van der Waals surface area contributed by atoms with Gasteiger partial charge in [-0.3, -0.25) is 14.3 Å². The molecular formula is C15H17ClN4O4S. The average molecular weight is 385 g/mol. The van der Waals surface area contributed by atoms with Crippen molar-refractivity contribution in [1.29, 1.82) is 0 Å². The van der Waals surface area contributed by atoms with Gasteiger partial charge in [-0.05, 0) is 12.5 Å². The van der Waals surface area contributed by atoms with Gasteiger partial charge >= 0.3 is 5.97 Å². The van der Waals surface area contributed by atoms with Gasteiger partial charge in [0.25, 0.3) is 11.8 Å². The highest BCUT2D eigenvalue weighted by Gasteiger charge is 2.28. The van der Waals surface area contributed by atoms with E-state index in [4.69, 9.17) is 16.3 Å². The van der Waals surface area contributed by atoms with Gasteiger partial charge in [0, 0.05) is 21.1 Å². The molecule has 1 N–H and O–H groups in total. The van der Waals surface area contributed by atoms with E-state index in [0.717, 1.165) is 11.3 Å². The van der Waals surface area contributed by atoms with Gasteiger partial charge in [-0.2, -0.15) is 5.10 Å². The number of hydrogen-bond acceptors (Lipinski definition) is 6. The quantitative estimate of drug-likeness (QED) is 0.815. The first-order valence-corrected chi connectivity index (χ1v) is 8.30. The van der Waals surface area contributed by atoms with Crippen LogP contribution in [0.2, 0.25) is 5.02 Å². The zero-order valence-corrected chi connectivity index (χ0v) is 15.9. The molecule has 0 spiro atoms. The molecule has 0 radical (unpaired) electrons.